The molecule has 0 saturated carbocycles. The standard InChI is InChI=1S/C18H32O17/c19-1-4-7(21)10(24)13(27)16(33-4)32-3-6-9(23)12(26)15(29)18(31,35-6)17(30)14(28)11(25)8(22)5(2-20)34-17/h4-16,19-31H,1-3H2/t4-,5-,6-,7-,8-,9-,10+,11+,12+,13-,14-,15-,16+,17+,18-/m1/s1. The third-order valence-electron chi connectivity index (χ3n) is 6.54. The molecule has 3 rings (SSSR count). The predicted octanol–water partition coefficient (Wildman–Crippen LogP) is -8.86. The molecule has 15 atom stereocenters. The minimum absolute atomic E-state index is 0.777. The Balaban J connectivity index is 1.82. The summed E-state index contributed by atoms with van der Waals surface area (Å²) in [5.41, 5.74) is 0. The highest BCUT2D eigenvalue weighted by molar-refractivity contribution is 5.10. The van der Waals surface area contributed by atoms with Crippen molar-refractivity contribution in [2.24, 2.45) is 0 Å². The van der Waals surface area contributed by atoms with E-state index in [4.69, 9.17) is 18.9 Å². The van der Waals surface area contributed by atoms with Gasteiger partial charge in [-0.3, -0.25) is 0 Å². The summed E-state index contributed by atoms with van der Waals surface area (Å²) in [6, 6.07) is 0. The number of aliphatic hydroxyl groups excluding tert-OH is 11. The van der Waals surface area contributed by atoms with Crippen LogP contribution in [0.1, 0.15) is 0 Å². The highest BCUT2D eigenvalue weighted by atomic mass is 16.8. The van der Waals surface area contributed by atoms with Gasteiger partial charge in [-0.2, -0.15) is 0 Å². The Morgan fingerprint density at radius 1 is 0.543 bits per heavy atom. The van der Waals surface area contributed by atoms with E-state index in [2.05, 4.69) is 0 Å². The molecule has 0 amide bonds. The number of hydrogen-bond donors (Lipinski definition) is 13. The molecule has 17 nitrogen and oxygen atoms in total. The molecule has 35 heavy (non-hydrogen) atoms. The van der Waals surface area contributed by atoms with Gasteiger partial charge in [0, 0.05) is 0 Å². The van der Waals surface area contributed by atoms with Gasteiger partial charge in [0.05, 0.1) is 19.8 Å². The maximum absolute atomic E-state index is 11.0. The van der Waals surface area contributed by atoms with Crippen LogP contribution in [-0.4, -0.2) is 177 Å². The van der Waals surface area contributed by atoms with Crippen LogP contribution in [0.4, 0.5) is 0 Å². The van der Waals surface area contributed by atoms with E-state index in [-0.39, 0.29) is 0 Å². The van der Waals surface area contributed by atoms with Gasteiger partial charge in [-0.1, -0.05) is 0 Å². The second kappa shape index (κ2) is 10.6. The van der Waals surface area contributed by atoms with E-state index < -0.39 is 111 Å². The topological polar surface area (TPSA) is 300 Å². The van der Waals surface area contributed by atoms with E-state index in [1.807, 2.05) is 0 Å². The summed E-state index contributed by atoms with van der Waals surface area (Å²) < 4.78 is 20.4. The second-order valence-corrected chi connectivity index (χ2v) is 8.77. The van der Waals surface area contributed by atoms with Crippen molar-refractivity contribution in [2.45, 2.75) is 91.1 Å². The Kier molecular flexibility index (Phi) is 8.74. The molecule has 0 aromatic carbocycles. The largest absolute Gasteiger partial charge is 0.394 e. The van der Waals surface area contributed by atoms with Crippen LogP contribution in [0, 0.1) is 0 Å². The molecule has 0 aromatic rings. The lowest BCUT2D eigenvalue weighted by atomic mass is 9.80. The van der Waals surface area contributed by atoms with Crippen LogP contribution in [0.2, 0.25) is 0 Å². The van der Waals surface area contributed by atoms with E-state index in [9.17, 15) is 66.4 Å². The van der Waals surface area contributed by atoms with Crippen LogP contribution in [0.3, 0.4) is 0 Å². The van der Waals surface area contributed by atoms with E-state index in [0.29, 0.717) is 0 Å². The molecule has 3 fully saturated rings. The Bertz CT molecular complexity index is 711. The third-order valence-corrected chi connectivity index (χ3v) is 6.54. The summed E-state index contributed by atoms with van der Waals surface area (Å²) in [5.74, 6) is -7.00. The zero-order valence-corrected chi connectivity index (χ0v) is 18.1. The zero-order chi connectivity index (χ0) is 26.5. The van der Waals surface area contributed by atoms with Crippen molar-refractivity contribution in [3.05, 3.63) is 0 Å². The lowest BCUT2D eigenvalue weighted by Gasteiger charge is -2.56. The SMILES string of the molecule is OC[C@H]1O[C@H](OC[C@H]2O[C@@](O)([C@@]3(O)O[C@H](CO)[C@@H](O)[C@H](O)[C@H]3O)[C@H](O)[C@@H](O)[C@@H]2O)[C@H](O)[C@@H](O)[C@@H]1O. The monoisotopic (exact) mass is 520 g/mol. The summed E-state index contributed by atoms with van der Waals surface area (Å²) >= 11 is 0. The number of hydrogen-bond acceptors (Lipinski definition) is 17. The van der Waals surface area contributed by atoms with Crippen molar-refractivity contribution in [2.75, 3.05) is 19.8 Å². The number of ether oxygens (including phenoxy) is 4. The first-order chi connectivity index (χ1) is 16.2. The maximum Gasteiger partial charge on any atom is 0.254 e. The first-order valence-electron chi connectivity index (χ1n) is 10.7. The lowest BCUT2D eigenvalue weighted by molar-refractivity contribution is -0.491. The Morgan fingerprint density at radius 3 is 1.46 bits per heavy atom. The number of rotatable bonds is 6. The fourth-order valence-corrected chi connectivity index (χ4v) is 4.28. The van der Waals surface area contributed by atoms with Crippen molar-refractivity contribution < 1.29 is 85.3 Å². The van der Waals surface area contributed by atoms with Crippen LogP contribution in [-0.2, 0) is 18.9 Å². The normalized spacial score (nSPS) is 55.6. The van der Waals surface area contributed by atoms with Crippen molar-refractivity contribution in [3.63, 3.8) is 0 Å². The Hall–Kier alpha value is -0.680. The fourth-order valence-electron chi connectivity index (χ4n) is 4.28. The van der Waals surface area contributed by atoms with Gasteiger partial charge in [0.1, 0.15) is 73.2 Å². The van der Waals surface area contributed by atoms with Gasteiger partial charge >= 0.3 is 0 Å². The van der Waals surface area contributed by atoms with E-state index in [1.165, 1.54) is 0 Å². The molecule has 13 N–H and O–H groups in total. The van der Waals surface area contributed by atoms with E-state index >= 15 is 0 Å². The molecule has 17 heteroatoms. The Labute approximate surface area is 197 Å². The first-order valence-corrected chi connectivity index (χ1v) is 10.7. The van der Waals surface area contributed by atoms with E-state index in [1.54, 1.807) is 0 Å². The van der Waals surface area contributed by atoms with Gasteiger partial charge in [-0.15, -0.1) is 0 Å². The smallest absolute Gasteiger partial charge is 0.254 e. The highest BCUT2D eigenvalue weighted by Crippen LogP contribution is 2.43. The van der Waals surface area contributed by atoms with Gasteiger partial charge in [0.15, 0.2) is 6.29 Å². The fraction of sp³-hybridized carbons (Fsp3) is 1.00. The molecule has 0 bridgehead atoms. The highest BCUT2D eigenvalue weighted by Gasteiger charge is 2.71. The number of aliphatic hydroxyl groups is 13. The molecular formula is C18H32O17. The van der Waals surface area contributed by atoms with Crippen LogP contribution in [0.5, 0.6) is 0 Å². The van der Waals surface area contributed by atoms with Crippen LogP contribution in [0.15, 0.2) is 0 Å². The third kappa shape index (κ3) is 4.71. The van der Waals surface area contributed by atoms with Crippen LogP contribution < -0.4 is 0 Å². The summed E-state index contributed by atoms with van der Waals surface area (Å²) in [7, 11) is 0. The Morgan fingerprint density at radius 2 is 0.971 bits per heavy atom. The van der Waals surface area contributed by atoms with Gasteiger partial charge in [0.25, 0.3) is 11.6 Å². The molecule has 3 aliphatic rings. The summed E-state index contributed by atoms with van der Waals surface area (Å²) in [6.45, 7) is -2.70. The zero-order valence-electron chi connectivity index (χ0n) is 18.1. The first kappa shape index (κ1) is 28.9. The van der Waals surface area contributed by atoms with E-state index in [0.717, 1.165) is 0 Å². The maximum atomic E-state index is 11.0. The molecule has 0 spiro atoms. The van der Waals surface area contributed by atoms with Gasteiger partial charge in [-0.05, 0) is 0 Å². The second-order valence-electron chi connectivity index (χ2n) is 8.77. The van der Waals surface area contributed by atoms with Crippen LogP contribution >= 0.6 is 0 Å². The van der Waals surface area contributed by atoms with Gasteiger partial charge in [-0.25, -0.2) is 0 Å². The van der Waals surface area contributed by atoms with Crippen LogP contribution in [0.25, 0.3) is 0 Å². The van der Waals surface area contributed by atoms with Crippen molar-refractivity contribution >= 4 is 0 Å². The summed E-state index contributed by atoms with van der Waals surface area (Å²) in [6.07, 6.45) is -25.8. The predicted molar refractivity (Wildman–Crippen MR) is 102 cm³/mol. The molecule has 206 valence electrons. The average molecular weight is 520 g/mol. The summed E-state index contributed by atoms with van der Waals surface area (Å²) in [5, 5.41) is 131. The minimum atomic E-state index is -3.51. The molecule has 0 radical (unpaired) electrons. The van der Waals surface area contributed by atoms with Gasteiger partial charge in [0.2, 0.25) is 0 Å². The minimum Gasteiger partial charge on any atom is -0.394 e. The molecule has 3 heterocycles. The van der Waals surface area contributed by atoms with Crippen molar-refractivity contribution in [1.29, 1.82) is 0 Å². The molecule has 0 aliphatic carbocycles. The van der Waals surface area contributed by atoms with Gasteiger partial charge < -0.3 is 85.3 Å². The molecular weight excluding hydrogens is 488 g/mol. The average Bonchev–Trinajstić information content (AvgIpc) is 2.84. The molecule has 0 aromatic heterocycles. The molecule has 3 saturated heterocycles. The summed E-state index contributed by atoms with van der Waals surface area (Å²) in [4.78, 5) is 0. The van der Waals surface area contributed by atoms with Crippen molar-refractivity contribution in [1.82, 2.24) is 0 Å². The molecule has 3 aliphatic heterocycles. The molecule has 0 unspecified atom stereocenters. The van der Waals surface area contributed by atoms with Crippen molar-refractivity contribution in [3.8, 4) is 0 Å². The quantitative estimate of drug-likeness (QED) is 0.155. The lowest BCUT2D eigenvalue weighted by Crippen LogP contribution is -2.81.